The van der Waals surface area contributed by atoms with Crippen molar-refractivity contribution in [3.05, 3.63) is 65.5 Å². The van der Waals surface area contributed by atoms with E-state index < -0.39 is 5.60 Å². The smallest absolute Gasteiger partial charge is 0.410 e. The van der Waals surface area contributed by atoms with E-state index in [4.69, 9.17) is 21.1 Å². The van der Waals surface area contributed by atoms with Crippen LogP contribution in [0.2, 0.25) is 0 Å². The lowest BCUT2D eigenvalue weighted by atomic mass is 9.88. The summed E-state index contributed by atoms with van der Waals surface area (Å²) in [6.45, 7) is 9.23. The third kappa shape index (κ3) is 6.63. The lowest BCUT2D eigenvalue weighted by Crippen LogP contribution is -2.41. The van der Waals surface area contributed by atoms with E-state index in [2.05, 4.69) is 22.3 Å². The van der Waals surface area contributed by atoms with Crippen molar-refractivity contribution in [3.8, 4) is 0 Å². The van der Waals surface area contributed by atoms with Crippen molar-refractivity contribution < 1.29 is 19.1 Å². The Morgan fingerprint density at radius 3 is 2.39 bits per heavy atom. The number of piperidine rings is 1. The fourth-order valence-electron chi connectivity index (χ4n) is 5.24. The number of benzene rings is 2. The molecule has 11 nitrogen and oxygen atoms in total. The third-order valence-electron chi connectivity index (χ3n) is 7.47. The number of morpholine rings is 1. The second-order valence-electron chi connectivity index (χ2n) is 11.6. The number of anilines is 1. The minimum Gasteiger partial charge on any atom is -0.444 e. The van der Waals surface area contributed by atoms with Crippen LogP contribution in [-0.4, -0.2) is 77.0 Å². The Kier molecular flexibility index (Phi) is 8.18. The van der Waals surface area contributed by atoms with Crippen LogP contribution < -0.4 is 16.6 Å². The molecule has 0 saturated carbocycles. The summed E-state index contributed by atoms with van der Waals surface area (Å²) in [5.74, 6) is 6.62. The number of nitrogens with one attached hydrogen (secondary N) is 1. The molecule has 2 saturated heterocycles. The summed E-state index contributed by atoms with van der Waals surface area (Å²) in [6, 6.07) is 13.4. The van der Waals surface area contributed by atoms with Gasteiger partial charge < -0.3 is 25.0 Å². The van der Waals surface area contributed by atoms with Crippen LogP contribution in [0.5, 0.6) is 0 Å². The molecule has 2 amide bonds. The number of H-pyrrole nitrogens is 1. The summed E-state index contributed by atoms with van der Waals surface area (Å²) in [5.41, 5.74) is 10.3. The maximum atomic E-state index is 12.7. The van der Waals surface area contributed by atoms with E-state index in [-0.39, 0.29) is 12.0 Å². The van der Waals surface area contributed by atoms with Crippen LogP contribution in [0, 0.1) is 0 Å². The normalized spacial score (nSPS) is 17.1. The molecule has 41 heavy (non-hydrogen) atoms. The van der Waals surface area contributed by atoms with Gasteiger partial charge in [-0.15, -0.1) is 0 Å². The van der Waals surface area contributed by atoms with Gasteiger partial charge in [0.15, 0.2) is 0 Å². The quantitative estimate of drug-likeness (QED) is 0.315. The lowest BCUT2D eigenvalue weighted by Gasteiger charge is -2.33. The monoisotopic (exact) mass is 561 g/mol. The van der Waals surface area contributed by atoms with E-state index in [0.29, 0.717) is 68.0 Å². The van der Waals surface area contributed by atoms with Crippen LogP contribution in [0.1, 0.15) is 61.1 Å². The van der Waals surface area contributed by atoms with Crippen molar-refractivity contribution in [2.24, 2.45) is 11.6 Å². The topological polar surface area (TPSA) is 143 Å². The second-order valence-corrected chi connectivity index (χ2v) is 11.6. The molecule has 0 bridgehead atoms. The number of carbonyl (C=O) groups excluding carboxylic acids is 2. The zero-order valence-electron chi connectivity index (χ0n) is 23.9. The number of hydrogen-bond donors (Lipinski definition) is 3. The Labute approximate surface area is 240 Å². The van der Waals surface area contributed by atoms with Crippen molar-refractivity contribution in [1.29, 1.82) is 0 Å². The molecule has 2 aliphatic rings. The number of aromatic nitrogens is 2. The van der Waals surface area contributed by atoms with E-state index in [1.54, 1.807) is 40.3 Å². The van der Waals surface area contributed by atoms with Gasteiger partial charge in [-0.1, -0.05) is 6.07 Å². The average Bonchev–Trinajstić information content (AvgIpc) is 3.40. The molecule has 3 aromatic rings. The molecular weight excluding hydrogens is 522 g/mol. The summed E-state index contributed by atoms with van der Waals surface area (Å²) >= 11 is 0. The van der Waals surface area contributed by atoms with E-state index in [1.165, 1.54) is 10.6 Å². The molecule has 0 unspecified atom stereocenters. The highest BCUT2D eigenvalue weighted by Gasteiger charge is 2.28. The molecule has 0 aliphatic carbocycles. The molecule has 0 spiro atoms. The molecular formula is C30H39N7O4. The SMILES string of the molecule is CC(C)(C)OC(=O)N1CCC(c2ccc3[nH]nc(/C(N)=C/N(N)c4ccc(C(=O)N5CCOCC5)cc4)c3c2)CC1. The van der Waals surface area contributed by atoms with E-state index in [1.807, 2.05) is 26.8 Å². The van der Waals surface area contributed by atoms with Crippen LogP contribution >= 0.6 is 0 Å². The van der Waals surface area contributed by atoms with E-state index >= 15 is 0 Å². The van der Waals surface area contributed by atoms with Gasteiger partial charge in [0, 0.05) is 43.3 Å². The number of ether oxygens (including phenoxy) is 2. The minimum absolute atomic E-state index is 0.0206. The lowest BCUT2D eigenvalue weighted by molar-refractivity contribution is 0.0204. The van der Waals surface area contributed by atoms with Crippen LogP contribution in [0.4, 0.5) is 10.5 Å². The zero-order chi connectivity index (χ0) is 29.1. The Morgan fingerprint density at radius 1 is 1.05 bits per heavy atom. The zero-order valence-corrected chi connectivity index (χ0v) is 23.9. The van der Waals surface area contributed by atoms with Crippen molar-refractivity contribution in [2.75, 3.05) is 44.4 Å². The van der Waals surface area contributed by atoms with Crippen LogP contribution in [0.3, 0.4) is 0 Å². The molecule has 3 heterocycles. The number of carbonyl (C=O) groups is 2. The van der Waals surface area contributed by atoms with Crippen LogP contribution in [0.25, 0.3) is 16.6 Å². The number of nitrogens with two attached hydrogens (primary N) is 2. The van der Waals surface area contributed by atoms with Crippen LogP contribution in [0.15, 0.2) is 48.7 Å². The third-order valence-corrected chi connectivity index (χ3v) is 7.47. The molecule has 2 aliphatic heterocycles. The molecule has 11 heteroatoms. The van der Waals surface area contributed by atoms with Crippen molar-refractivity contribution in [1.82, 2.24) is 20.0 Å². The number of fused-ring (bicyclic) bond motifs is 1. The predicted molar refractivity (Wildman–Crippen MR) is 158 cm³/mol. The number of rotatable bonds is 5. The Hall–Kier alpha value is -4.09. The van der Waals surface area contributed by atoms with Crippen molar-refractivity contribution >= 4 is 34.3 Å². The van der Waals surface area contributed by atoms with Gasteiger partial charge in [0.25, 0.3) is 5.91 Å². The van der Waals surface area contributed by atoms with Gasteiger partial charge in [-0.2, -0.15) is 5.10 Å². The first-order chi connectivity index (χ1) is 19.6. The molecule has 2 aromatic carbocycles. The molecule has 0 radical (unpaired) electrons. The highest BCUT2D eigenvalue weighted by molar-refractivity contribution is 5.95. The standard InChI is InChI=1S/C30H39N7O4/c1-30(2,3)41-29(39)36-12-10-20(11-13-36)22-6-9-26-24(18-22)27(34-33-26)25(31)19-37(32)23-7-4-21(5-8-23)28(38)35-14-16-40-17-15-35/h4-9,18-20H,10-17,31-32H2,1-3H3,(H,33,34)/b25-19-. The molecule has 0 atom stereocenters. The first kappa shape index (κ1) is 28.4. The Balaban J connectivity index is 1.26. The van der Waals surface area contributed by atoms with E-state index in [9.17, 15) is 9.59 Å². The number of amides is 2. The van der Waals surface area contributed by atoms with Gasteiger partial charge in [-0.05, 0) is 81.5 Å². The highest BCUT2D eigenvalue weighted by Crippen LogP contribution is 2.32. The first-order valence-corrected chi connectivity index (χ1v) is 14.0. The molecule has 5 rings (SSSR count). The van der Waals surface area contributed by atoms with Crippen LogP contribution in [-0.2, 0) is 9.47 Å². The largest absolute Gasteiger partial charge is 0.444 e. The molecule has 218 valence electrons. The Bertz CT molecular complexity index is 1410. The number of likely N-dealkylation sites (tertiary alicyclic amines) is 1. The fourth-order valence-corrected chi connectivity index (χ4v) is 5.24. The van der Waals surface area contributed by atoms with E-state index in [0.717, 1.165) is 23.7 Å². The molecule has 2 fully saturated rings. The summed E-state index contributed by atoms with van der Waals surface area (Å²) in [5, 5.41) is 9.85. The predicted octanol–water partition coefficient (Wildman–Crippen LogP) is 3.79. The van der Waals surface area contributed by atoms with Gasteiger partial charge in [0.1, 0.15) is 11.3 Å². The number of nitrogens with zero attached hydrogens (tertiary/aromatic N) is 4. The van der Waals surface area contributed by atoms with Crippen molar-refractivity contribution in [2.45, 2.75) is 45.1 Å². The highest BCUT2D eigenvalue weighted by atomic mass is 16.6. The summed E-state index contributed by atoms with van der Waals surface area (Å²) in [7, 11) is 0. The van der Waals surface area contributed by atoms with Gasteiger partial charge in [-0.3, -0.25) is 14.9 Å². The fraction of sp³-hybridized carbons (Fsp3) is 0.433. The maximum absolute atomic E-state index is 12.7. The second kappa shape index (κ2) is 11.8. The Morgan fingerprint density at radius 2 is 1.73 bits per heavy atom. The van der Waals surface area contributed by atoms with Gasteiger partial charge >= 0.3 is 6.09 Å². The molecule has 1 aromatic heterocycles. The summed E-state index contributed by atoms with van der Waals surface area (Å²) in [6.07, 6.45) is 3.07. The maximum Gasteiger partial charge on any atom is 0.410 e. The number of aromatic amines is 1. The number of hydrazine groups is 1. The minimum atomic E-state index is -0.505. The number of hydrogen-bond acceptors (Lipinski definition) is 8. The first-order valence-electron chi connectivity index (χ1n) is 14.0. The van der Waals surface area contributed by atoms with Gasteiger partial charge in [-0.25, -0.2) is 10.6 Å². The summed E-state index contributed by atoms with van der Waals surface area (Å²) in [4.78, 5) is 28.8. The van der Waals surface area contributed by atoms with Gasteiger partial charge in [0.2, 0.25) is 0 Å². The average molecular weight is 562 g/mol. The van der Waals surface area contributed by atoms with Gasteiger partial charge in [0.05, 0.1) is 30.1 Å². The molecule has 5 N–H and O–H groups in total. The summed E-state index contributed by atoms with van der Waals surface area (Å²) < 4.78 is 10.9. The van der Waals surface area contributed by atoms with Crippen molar-refractivity contribution in [3.63, 3.8) is 0 Å².